The average Bonchev–Trinajstić information content (AvgIpc) is 2.28. The van der Waals surface area contributed by atoms with Crippen LogP contribution in [0.3, 0.4) is 0 Å². The lowest BCUT2D eigenvalue weighted by molar-refractivity contribution is -0.138. The number of amides is 1. The molecule has 1 aliphatic heterocycles. The summed E-state index contributed by atoms with van der Waals surface area (Å²) in [4.78, 5) is 14.2. The van der Waals surface area contributed by atoms with Crippen LogP contribution in [0.4, 0.5) is 0 Å². The highest BCUT2D eigenvalue weighted by Gasteiger charge is 2.38. The standard InChI is InChI=1S/C15H27NO/c1-6-8-15(13(4)5)9-7-10-16(11-15)14(17)12(2)3/h6,12-13H,1,7-11H2,2-5H3/t15-/m0/s1. The molecule has 0 aromatic heterocycles. The Labute approximate surface area is 106 Å². The van der Waals surface area contributed by atoms with Gasteiger partial charge in [-0.2, -0.15) is 0 Å². The fourth-order valence-electron chi connectivity index (χ4n) is 2.87. The summed E-state index contributed by atoms with van der Waals surface area (Å²) in [6.07, 6.45) is 5.39. The Kier molecular flexibility index (Phi) is 4.79. The molecule has 2 nitrogen and oxygen atoms in total. The fourth-order valence-corrected chi connectivity index (χ4v) is 2.87. The van der Waals surface area contributed by atoms with E-state index in [1.165, 1.54) is 6.42 Å². The van der Waals surface area contributed by atoms with E-state index in [9.17, 15) is 4.79 Å². The second-order valence-corrected chi connectivity index (χ2v) is 6.03. The number of hydrogen-bond acceptors (Lipinski definition) is 1. The van der Waals surface area contributed by atoms with E-state index < -0.39 is 0 Å². The first-order chi connectivity index (χ1) is 7.93. The Morgan fingerprint density at radius 1 is 1.41 bits per heavy atom. The van der Waals surface area contributed by atoms with Gasteiger partial charge in [-0.1, -0.05) is 33.8 Å². The third kappa shape index (κ3) is 3.11. The maximum atomic E-state index is 12.1. The van der Waals surface area contributed by atoms with E-state index in [1.807, 2.05) is 19.9 Å². The number of nitrogens with zero attached hydrogens (tertiary/aromatic N) is 1. The summed E-state index contributed by atoms with van der Waals surface area (Å²) in [5.74, 6) is 1.02. The Morgan fingerprint density at radius 2 is 2.06 bits per heavy atom. The molecule has 0 aliphatic carbocycles. The molecule has 1 atom stereocenters. The van der Waals surface area contributed by atoms with Gasteiger partial charge in [0.25, 0.3) is 0 Å². The van der Waals surface area contributed by atoms with Crippen LogP contribution in [-0.4, -0.2) is 23.9 Å². The number of rotatable bonds is 4. The minimum absolute atomic E-state index is 0.113. The van der Waals surface area contributed by atoms with Crippen molar-refractivity contribution in [2.45, 2.75) is 47.0 Å². The van der Waals surface area contributed by atoms with Crippen LogP contribution < -0.4 is 0 Å². The molecule has 0 aromatic rings. The van der Waals surface area contributed by atoms with Crippen LogP contribution in [0.1, 0.15) is 47.0 Å². The van der Waals surface area contributed by atoms with E-state index in [-0.39, 0.29) is 11.3 Å². The molecular formula is C15H27NO. The molecule has 1 aliphatic rings. The first-order valence-electron chi connectivity index (χ1n) is 6.82. The van der Waals surface area contributed by atoms with Crippen molar-refractivity contribution in [3.8, 4) is 0 Å². The quantitative estimate of drug-likeness (QED) is 0.685. The molecule has 1 amide bonds. The number of carbonyl (C=O) groups is 1. The number of hydrogen-bond donors (Lipinski definition) is 0. The second kappa shape index (κ2) is 5.70. The Hall–Kier alpha value is -0.790. The number of carbonyl (C=O) groups excluding carboxylic acids is 1. The second-order valence-electron chi connectivity index (χ2n) is 6.03. The van der Waals surface area contributed by atoms with Gasteiger partial charge in [-0.25, -0.2) is 0 Å². The fraction of sp³-hybridized carbons (Fsp3) is 0.800. The van der Waals surface area contributed by atoms with E-state index in [4.69, 9.17) is 0 Å². The van der Waals surface area contributed by atoms with Gasteiger partial charge in [-0.3, -0.25) is 4.79 Å². The first-order valence-corrected chi connectivity index (χ1v) is 6.82. The number of allylic oxidation sites excluding steroid dienone is 1. The molecule has 0 aromatic carbocycles. The van der Waals surface area contributed by atoms with Gasteiger partial charge in [0.1, 0.15) is 0 Å². The highest BCUT2D eigenvalue weighted by atomic mass is 16.2. The van der Waals surface area contributed by atoms with Gasteiger partial charge in [0.15, 0.2) is 0 Å². The lowest BCUT2D eigenvalue weighted by Crippen LogP contribution is -2.49. The molecule has 0 spiro atoms. The van der Waals surface area contributed by atoms with E-state index >= 15 is 0 Å². The zero-order chi connectivity index (χ0) is 13.1. The number of likely N-dealkylation sites (tertiary alicyclic amines) is 1. The van der Waals surface area contributed by atoms with Gasteiger partial charge >= 0.3 is 0 Å². The monoisotopic (exact) mass is 237 g/mol. The summed E-state index contributed by atoms with van der Waals surface area (Å²) in [5, 5.41) is 0. The molecule has 0 saturated carbocycles. The molecule has 0 bridgehead atoms. The molecule has 0 unspecified atom stereocenters. The van der Waals surface area contributed by atoms with E-state index in [0.29, 0.717) is 11.8 Å². The predicted molar refractivity (Wildman–Crippen MR) is 72.7 cm³/mol. The molecule has 1 heterocycles. The van der Waals surface area contributed by atoms with Crippen LogP contribution in [-0.2, 0) is 4.79 Å². The zero-order valence-electron chi connectivity index (χ0n) is 11.8. The van der Waals surface area contributed by atoms with Crippen molar-refractivity contribution in [3.05, 3.63) is 12.7 Å². The summed E-state index contributed by atoms with van der Waals surface area (Å²) < 4.78 is 0. The molecule has 2 heteroatoms. The van der Waals surface area contributed by atoms with Crippen molar-refractivity contribution in [2.24, 2.45) is 17.3 Å². The third-order valence-electron chi connectivity index (χ3n) is 4.19. The highest BCUT2D eigenvalue weighted by Crippen LogP contribution is 2.40. The van der Waals surface area contributed by atoms with Crippen molar-refractivity contribution in [2.75, 3.05) is 13.1 Å². The van der Waals surface area contributed by atoms with Crippen LogP contribution in [0.25, 0.3) is 0 Å². The van der Waals surface area contributed by atoms with Gasteiger partial charge in [0.2, 0.25) is 5.91 Å². The molecule has 1 saturated heterocycles. The van der Waals surface area contributed by atoms with E-state index in [0.717, 1.165) is 25.9 Å². The minimum atomic E-state index is 0.113. The van der Waals surface area contributed by atoms with Crippen molar-refractivity contribution < 1.29 is 4.79 Å². The minimum Gasteiger partial charge on any atom is -0.342 e. The summed E-state index contributed by atoms with van der Waals surface area (Å²) in [7, 11) is 0. The van der Waals surface area contributed by atoms with Gasteiger partial charge in [0, 0.05) is 19.0 Å². The van der Waals surface area contributed by atoms with Crippen LogP contribution in [0.2, 0.25) is 0 Å². The molecule has 1 fully saturated rings. The van der Waals surface area contributed by atoms with E-state index in [1.54, 1.807) is 0 Å². The van der Waals surface area contributed by atoms with Crippen molar-refractivity contribution in [1.29, 1.82) is 0 Å². The molecule has 0 radical (unpaired) electrons. The average molecular weight is 237 g/mol. The summed E-state index contributed by atoms with van der Waals surface area (Å²) in [6.45, 7) is 14.2. The Morgan fingerprint density at radius 3 is 2.53 bits per heavy atom. The lowest BCUT2D eigenvalue weighted by Gasteiger charge is -2.46. The topological polar surface area (TPSA) is 20.3 Å². The zero-order valence-corrected chi connectivity index (χ0v) is 11.8. The summed E-state index contributed by atoms with van der Waals surface area (Å²) >= 11 is 0. The van der Waals surface area contributed by atoms with Gasteiger partial charge in [0.05, 0.1) is 0 Å². The van der Waals surface area contributed by atoms with Gasteiger partial charge in [-0.05, 0) is 30.6 Å². The largest absolute Gasteiger partial charge is 0.342 e. The van der Waals surface area contributed by atoms with Gasteiger partial charge < -0.3 is 4.90 Å². The van der Waals surface area contributed by atoms with Crippen LogP contribution in [0, 0.1) is 17.3 Å². The summed E-state index contributed by atoms with van der Waals surface area (Å²) in [5.41, 5.74) is 0.255. The van der Waals surface area contributed by atoms with Gasteiger partial charge in [-0.15, -0.1) is 6.58 Å². The Balaban J connectivity index is 2.81. The smallest absolute Gasteiger partial charge is 0.225 e. The van der Waals surface area contributed by atoms with Crippen LogP contribution in [0.15, 0.2) is 12.7 Å². The predicted octanol–water partition coefficient (Wildman–Crippen LogP) is 3.48. The summed E-state index contributed by atoms with van der Waals surface area (Å²) in [6, 6.07) is 0. The normalized spacial score (nSPS) is 25.4. The number of piperidine rings is 1. The SMILES string of the molecule is C=CC[C@]1(C(C)C)CCCN(C(=O)C(C)C)C1. The first kappa shape index (κ1) is 14.3. The maximum absolute atomic E-state index is 12.1. The van der Waals surface area contributed by atoms with Crippen molar-refractivity contribution >= 4 is 5.91 Å². The molecule has 98 valence electrons. The Bertz CT molecular complexity index is 283. The molecule has 17 heavy (non-hydrogen) atoms. The molecule has 0 N–H and O–H groups in total. The highest BCUT2D eigenvalue weighted by molar-refractivity contribution is 5.78. The molecule has 1 rings (SSSR count). The van der Waals surface area contributed by atoms with E-state index in [2.05, 4.69) is 25.3 Å². The van der Waals surface area contributed by atoms with Crippen LogP contribution >= 0.6 is 0 Å². The van der Waals surface area contributed by atoms with Crippen molar-refractivity contribution in [3.63, 3.8) is 0 Å². The molecular weight excluding hydrogens is 210 g/mol. The maximum Gasteiger partial charge on any atom is 0.225 e. The lowest BCUT2D eigenvalue weighted by atomic mass is 9.69. The third-order valence-corrected chi connectivity index (χ3v) is 4.19. The van der Waals surface area contributed by atoms with Crippen LogP contribution in [0.5, 0.6) is 0 Å². The van der Waals surface area contributed by atoms with Crippen molar-refractivity contribution in [1.82, 2.24) is 4.90 Å².